The topological polar surface area (TPSA) is 52.5 Å². The minimum atomic E-state index is 0.00569. The molecule has 5 heteroatoms. The third-order valence-corrected chi connectivity index (χ3v) is 4.28. The molecule has 2 aromatic rings. The molecule has 0 spiro atoms. The second-order valence-corrected chi connectivity index (χ2v) is 5.22. The van der Waals surface area contributed by atoms with Gasteiger partial charge in [0.2, 0.25) is 0 Å². The minimum Gasteiger partial charge on any atom is -0.381 e. The van der Waals surface area contributed by atoms with E-state index in [0.717, 1.165) is 31.9 Å². The lowest BCUT2D eigenvalue weighted by atomic mass is 9.79. The Morgan fingerprint density at radius 1 is 1.50 bits per heavy atom. The number of rotatable bonds is 2. The van der Waals surface area contributed by atoms with Gasteiger partial charge >= 0.3 is 0 Å². The molecule has 16 heavy (non-hydrogen) atoms. The van der Waals surface area contributed by atoms with E-state index in [2.05, 4.69) is 21.0 Å². The van der Waals surface area contributed by atoms with Crippen molar-refractivity contribution in [1.29, 1.82) is 0 Å². The van der Waals surface area contributed by atoms with Gasteiger partial charge in [-0.25, -0.2) is 4.98 Å². The molecule has 2 N–H and O–H groups in total. The van der Waals surface area contributed by atoms with E-state index in [0.29, 0.717) is 6.54 Å². The Morgan fingerprint density at radius 3 is 3.06 bits per heavy atom. The van der Waals surface area contributed by atoms with Gasteiger partial charge in [-0.3, -0.25) is 4.40 Å². The van der Waals surface area contributed by atoms with Crippen molar-refractivity contribution in [2.45, 2.75) is 18.3 Å². The summed E-state index contributed by atoms with van der Waals surface area (Å²) in [5.41, 5.74) is 5.99. The quantitative estimate of drug-likeness (QED) is 0.859. The van der Waals surface area contributed by atoms with Crippen LogP contribution in [-0.4, -0.2) is 29.1 Å². The van der Waals surface area contributed by atoms with Crippen molar-refractivity contribution in [3.05, 3.63) is 23.6 Å². The molecular formula is C11H15N3OS. The van der Waals surface area contributed by atoms with E-state index >= 15 is 0 Å². The highest BCUT2D eigenvalue weighted by molar-refractivity contribution is 7.15. The van der Waals surface area contributed by atoms with E-state index < -0.39 is 0 Å². The fraction of sp³-hybridized carbons (Fsp3) is 0.545. The molecule has 1 aliphatic heterocycles. The van der Waals surface area contributed by atoms with Gasteiger partial charge in [-0.2, -0.15) is 0 Å². The first kappa shape index (κ1) is 10.3. The second-order valence-electron chi connectivity index (χ2n) is 4.29. The molecule has 0 unspecified atom stereocenters. The van der Waals surface area contributed by atoms with E-state index in [1.807, 2.05) is 6.20 Å². The van der Waals surface area contributed by atoms with Crippen LogP contribution in [0.2, 0.25) is 0 Å². The van der Waals surface area contributed by atoms with Gasteiger partial charge in [0.25, 0.3) is 0 Å². The molecule has 0 saturated carbocycles. The maximum Gasteiger partial charge on any atom is 0.121 e. The van der Waals surface area contributed by atoms with Crippen molar-refractivity contribution < 1.29 is 4.74 Å². The second kappa shape index (κ2) is 3.84. The van der Waals surface area contributed by atoms with Crippen LogP contribution < -0.4 is 5.73 Å². The maximum absolute atomic E-state index is 5.98. The van der Waals surface area contributed by atoms with Crippen LogP contribution in [0, 0.1) is 0 Å². The van der Waals surface area contributed by atoms with Crippen molar-refractivity contribution in [2.75, 3.05) is 19.8 Å². The van der Waals surface area contributed by atoms with Crippen LogP contribution in [0.3, 0.4) is 0 Å². The first-order chi connectivity index (χ1) is 7.86. The predicted octanol–water partition coefficient (Wildman–Crippen LogP) is 1.40. The highest BCUT2D eigenvalue weighted by Crippen LogP contribution is 2.34. The lowest BCUT2D eigenvalue weighted by molar-refractivity contribution is 0.0498. The van der Waals surface area contributed by atoms with Crippen LogP contribution in [0.1, 0.15) is 18.7 Å². The zero-order valence-corrected chi connectivity index (χ0v) is 9.87. The molecule has 0 bridgehead atoms. The molecule has 0 radical (unpaired) electrons. The smallest absolute Gasteiger partial charge is 0.121 e. The summed E-state index contributed by atoms with van der Waals surface area (Å²) in [5.74, 6) is 1.11. The zero-order chi connectivity index (χ0) is 11.0. The summed E-state index contributed by atoms with van der Waals surface area (Å²) < 4.78 is 7.60. The molecule has 3 rings (SSSR count). The summed E-state index contributed by atoms with van der Waals surface area (Å²) in [6, 6.07) is 0. The van der Waals surface area contributed by atoms with E-state index in [-0.39, 0.29) is 5.41 Å². The molecule has 1 aliphatic rings. The standard InChI is InChI=1S/C11H15N3OS/c12-8-11(1-4-15-5-2-11)10-13-7-9-14(10)3-6-16-9/h3,6-7H,1-2,4-5,8,12H2. The van der Waals surface area contributed by atoms with Crippen molar-refractivity contribution >= 4 is 16.2 Å². The minimum absolute atomic E-state index is 0.00569. The van der Waals surface area contributed by atoms with Gasteiger partial charge in [-0.15, -0.1) is 11.3 Å². The summed E-state index contributed by atoms with van der Waals surface area (Å²) in [5, 5.41) is 2.09. The van der Waals surface area contributed by atoms with Gasteiger partial charge in [0.05, 0.1) is 6.20 Å². The van der Waals surface area contributed by atoms with E-state index in [1.165, 1.54) is 4.83 Å². The highest BCUT2D eigenvalue weighted by atomic mass is 32.1. The number of nitrogens with zero attached hydrogens (tertiary/aromatic N) is 2. The molecule has 0 aliphatic carbocycles. The molecule has 4 nitrogen and oxygen atoms in total. The first-order valence-corrected chi connectivity index (χ1v) is 6.42. The van der Waals surface area contributed by atoms with E-state index in [9.17, 15) is 0 Å². The Hall–Kier alpha value is -0.910. The monoisotopic (exact) mass is 237 g/mol. The van der Waals surface area contributed by atoms with Crippen LogP contribution in [0.4, 0.5) is 0 Å². The number of hydrogen-bond acceptors (Lipinski definition) is 4. The number of hydrogen-bond donors (Lipinski definition) is 1. The molecule has 2 aromatic heterocycles. The first-order valence-electron chi connectivity index (χ1n) is 5.55. The zero-order valence-electron chi connectivity index (χ0n) is 9.06. The Bertz CT molecular complexity index is 484. The van der Waals surface area contributed by atoms with E-state index in [4.69, 9.17) is 10.5 Å². The molecule has 0 atom stereocenters. The maximum atomic E-state index is 5.98. The summed E-state index contributed by atoms with van der Waals surface area (Å²) in [4.78, 5) is 5.75. The van der Waals surface area contributed by atoms with Gasteiger partial charge < -0.3 is 10.5 Å². The Morgan fingerprint density at radius 2 is 2.31 bits per heavy atom. The van der Waals surface area contributed by atoms with Crippen LogP contribution in [0.25, 0.3) is 4.83 Å². The number of nitrogens with two attached hydrogens (primary N) is 1. The summed E-state index contributed by atoms with van der Waals surface area (Å²) in [7, 11) is 0. The molecule has 86 valence electrons. The Kier molecular flexibility index (Phi) is 2.46. The third-order valence-electron chi connectivity index (χ3n) is 3.48. The van der Waals surface area contributed by atoms with E-state index in [1.54, 1.807) is 11.3 Å². The summed E-state index contributed by atoms with van der Waals surface area (Å²) in [6.45, 7) is 2.22. The number of ether oxygens (including phenoxy) is 1. The molecular weight excluding hydrogens is 222 g/mol. The largest absolute Gasteiger partial charge is 0.381 e. The van der Waals surface area contributed by atoms with Crippen molar-refractivity contribution in [3.8, 4) is 0 Å². The third kappa shape index (κ3) is 1.39. The van der Waals surface area contributed by atoms with Crippen molar-refractivity contribution in [2.24, 2.45) is 5.73 Å². The molecule has 3 heterocycles. The molecule has 1 saturated heterocycles. The average Bonchev–Trinajstić information content (AvgIpc) is 2.91. The normalized spacial score (nSPS) is 20.3. The number of aromatic nitrogens is 2. The van der Waals surface area contributed by atoms with Gasteiger partial charge in [-0.05, 0) is 12.8 Å². The SMILES string of the molecule is NCC1(c2ncc3sccn23)CCOCC1. The molecule has 0 aromatic carbocycles. The van der Waals surface area contributed by atoms with Crippen LogP contribution in [-0.2, 0) is 10.2 Å². The number of fused-ring (bicyclic) bond motifs is 1. The van der Waals surface area contributed by atoms with Gasteiger partial charge in [-0.1, -0.05) is 0 Å². The average molecular weight is 237 g/mol. The van der Waals surface area contributed by atoms with Crippen LogP contribution in [0.15, 0.2) is 17.8 Å². The van der Waals surface area contributed by atoms with Crippen LogP contribution >= 0.6 is 11.3 Å². The number of imidazole rings is 1. The fourth-order valence-electron chi connectivity index (χ4n) is 2.41. The van der Waals surface area contributed by atoms with Gasteiger partial charge in [0.1, 0.15) is 10.7 Å². The van der Waals surface area contributed by atoms with Gasteiger partial charge in [0, 0.05) is 36.8 Å². The lowest BCUT2D eigenvalue weighted by Gasteiger charge is -2.34. The Balaban J connectivity index is 2.09. The van der Waals surface area contributed by atoms with Crippen molar-refractivity contribution in [3.63, 3.8) is 0 Å². The highest BCUT2D eigenvalue weighted by Gasteiger charge is 2.36. The molecule has 1 fully saturated rings. The number of thiazole rings is 1. The summed E-state index contributed by atoms with van der Waals surface area (Å²) >= 11 is 1.71. The Labute approximate surface area is 98.0 Å². The lowest BCUT2D eigenvalue weighted by Crippen LogP contribution is -2.42. The molecule has 0 amide bonds. The summed E-state index contributed by atoms with van der Waals surface area (Å²) in [6.07, 6.45) is 5.96. The van der Waals surface area contributed by atoms with Crippen LogP contribution in [0.5, 0.6) is 0 Å². The van der Waals surface area contributed by atoms with Gasteiger partial charge in [0.15, 0.2) is 0 Å². The van der Waals surface area contributed by atoms with Crippen molar-refractivity contribution in [1.82, 2.24) is 9.38 Å². The fourth-order valence-corrected chi connectivity index (χ4v) is 3.11. The predicted molar refractivity (Wildman–Crippen MR) is 63.9 cm³/mol.